The fourth-order valence-electron chi connectivity index (χ4n) is 3.31. The van der Waals surface area contributed by atoms with E-state index >= 15 is 0 Å². The quantitative estimate of drug-likeness (QED) is 0.395. The zero-order valence-corrected chi connectivity index (χ0v) is 18.9. The Morgan fingerprint density at radius 2 is 1.54 bits per heavy atom. The van der Waals surface area contributed by atoms with E-state index in [1.807, 2.05) is 19.1 Å². The Morgan fingerprint density at radius 3 is 2.15 bits per heavy atom. The van der Waals surface area contributed by atoms with Crippen molar-refractivity contribution in [1.82, 2.24) is 0 Å². The third-order valence-corrected chi connectivity index (χ3v) is 4.62. The summed E-state index contributed by atoms with van der Waals surface area (Å²) in [4.78, 5) is 0. The van der Waals surface area contributed by atoms with Gasteiger partial charge in [0.25, 0.3) is 0 Å². The van der Waals surface area contributed by atoms with Crippen LogP contribution in [0.3, 0.4) is 0 Å². The normalized spacial score (nSPS) is 9.96. The van der Waals surface area contributed by atoms with Gasteiger partial charge < -0.3 is 29.2 Å². The fraction of sp³-hybridized carbons (Fsp3) is 0.136. The van der Waals surface area contributed by atoms with Crippen LogP contribution in [-0.4, -0.2) is 0 Å². The van der Waals surface area contributed by atoms with Crippen molar-refractivity contribution in [3.63, 3.8) is 0 Å². The molecule has 1 aromatic heterocycles. The number of furan rings is 1. The average molecular weight is 462 g/mol. The van der Waals surface area contributed by atoms with Crippen LogP contribution in [0.25, 0.3) is 33.2 Å². The smallest absolute Gasteiger partial charge is 1.00 e. The Balaban J connectivity index is 0.00000113. The number of rotatable bonds is 2. The fourth-order valence-corrected chi connectivity index (χ4v) is 3.31. The van der Waals surface area contributed by atoms with Gasteiger partial charge in [-0.1, -0.05) is 47.0 Å². The topological polar surface area (TPSA) is 13.1 Å². The van der Waals surface area contributed by atoms with Crippen molar-refractivity contribution < 1.29 is 55.4 Å². The molecular weight excluding hydrogens is 442 g/mol. The second-order valence-electron chi connectivity index (χ2n) is 6.22. The van der Waals surface area contributed by atoms with Gasteiger partial charge in [-0.15, -0.1) is 29.0 Å². The standard InChI is InChI=1S/C22H19O.2ClH.Zr/c1-14-11-18-12-19(21-10-9-15(2)23-21)13-20(18)22(16(14)3)17-7-5-4-6-8-17;;;/h4-13H,1-3H3;2*1H;/q-1;;;+3/p-2. The van der Waals surface area contributed by atoms with Gasteiger partial charge in [-0.05, 0) is 44.0 Å². The molecule has 4 heteroatoms. The molecule has 3 aromatic carbocycles. The van der Waals surface area contributed by atoms with E-state index in [0.29, 0.717) is 0 Å². The molecule has 1 radical (unpaired) electrons. The van der Waals surface area contributed by atoms with E-state index in [-0.39, 0.29) is 51.0 Å². The van der Waals surface area contributed by atoms with Crippen molar-refractivity contribution in [1.29, 1.82) is 0 Å². The van der Waals surface area contributed by atoms with Crippen LogP contribution in [0.5, 0.6) is 0 Å². The maximum absolute atomic E-state index is 5.81. The molecule has 0 saturated carbocycles. The minimum atomic E-state index is 0. The van der Waals surface area contributed by atoms with Crippen LogP contribution >= 0.6 is 0 Å². The van der Waals surface area contributed by atoms with Gasteiger partial charge in [-0.2, -0.15) is 0 Å². The van der Waals surface area contributed by atoms with Gasteiger partial charge in [0.2, 0.25) is 0 Å². The summed E-state index contributed by atoms with van der Waals surface area (Å²) in [6.07, 6.45) is 0. The monoisotopic (exact) mass is 459 g/mol. The molecule has 0 aliphatic rings. The van der Waals surface area contributed by atoms with Crippen molar-refractivity contribution >= 4 is 10.8 Å². The first-order valence-electron chi connectivity index (χ1n) is 7.96. The molecule has 0 aliphatic carbocycles. The Kier molecular flexibility index (Phi) is 8.02. The maximum atomic E-state index is 5.81. The summed E-state index contributed by atoms with van der Waals surface area (Å²) in [5.74, 6) is 1.88. The minimum absolute atomic E-state index is 0. The summed E-state index contributed by atoms with van der Waals surface area (Å²) in [6.45, 7) is 6.38. The van der Waals surface area contributed by atoms with Gasteiger partial charge in [0.15, 0.2) is 0 Å². The zero-order valence-electron chi connectivity index (χ0n) is 14.9. The molecule has 0 atom stereocenters. The van der Waals surface area contributed by atoms with Crippen LogP contribution in [0, 0.1) is 20.8 Å². The van der Waals surface area contributed by atoms with E-state index < -0.39 is 0 Å². The molecule has 0 saturated heterocycles. The van der Waals surface area contributed by atoms with Gasteiger partial charge in [0.05, 0.1) is 11.5 Å². The third kappa shape index (κ3) is 4.04. The predicted molar refractivity (Wildman–Crippen MR) is 96.9 cm³/mol. The molecule has 0 unspecified atom stereocenters. The van der Waals surface area contributed by atoms with E-state index in [4.69, 9.17) is 4.42 Å². The Morgan fingerprint density at radius 1 is 0.846 bits per heavy atom. The number of halogens is 2. The van der Waals surface area contributed by atoms with Gasteiger partial charge >= 0.3 is 26.2 Å². The van der Waals surface area contributed by atoms with Crippen molar-refractivity contribution in [3.8, 4) is 22.5 Å². The molecule has 26 heavy (non-hydrogen) atoms. The van der Waals surface area contributed by atoms with Crippen LogP contribution in [0.15, 0.2) is 65.1 Å². The summed E-state index contributed by atoms with van der Waals surface area (Å²) in [6, 6.07) is 21.5. The summed E-state index contributed by atoms with van der Waals surface area (Å²) in [5, 5.41) is 2.57. The van der Waals surface area contributed by atoms with E-state index in [2.05, 4.69) is 62.4 Å². The number of aryl methyl sites for hydroxylation is 2. The predicted octanol–water partition coefficient (Wildman–Crippen LogP) is 0.416. The van der Waals surface area contributed by atoms with E-state index in [1.165, 1.54) is 33.0 Å². The SMILES string of the molecule is Cc1ccc(-c2cc3c(-c4ccccc4)c(C)c(C)cc3[cH-]2)o1.[Cl-].[Cl-].[Zr+3]. The Bertz CT molecular complexity index is 1000. The van der Waals surface area contributed by atoms with Crippen molar-refractivity contribution in [2.75, 3.05) is 0 Å². The van der Waals surface area contributed by atoms with Gasteiger partial charge in [-0.25, -0.2) is 0 Å². The first kappa shape index (κ1) is 22.8. The van der Waals surface area contributed by atoms with Crippen LogP contribution in [0.2, 0.25) is 0 Å². The number of fused-ring (bicyclic) bond motifs is 1. The number of hydrogen-bond donors (Lipinski definition) is 0. The summed E-state index contributed by atoms with van der Waals surface area (Å²) >= 11 is 0. The zero-order chi connectivity index (χ0) is 16.0. The molecule has 0 N–H and O–H groups in total. The summed E-state index contributed by atoms with van der Waals surface area (Å²) in [5.41, 5.74) is 6.41. The third-order valence-electron chi connectivity index (χ3n) is 4.62. The number of hydrogen-bond acceptors (Lipinski definition) is 1. The van der Waals surface area contributed by atoms with Crippen LogP contribution in [-0.2, 0) is 26.2 Å². The van der Waals surface area contributed by atoms with E-state index in [9.17, 15) is 0 Å². The first-order chi connectivity index (χ1) is 11.1. The second kappa shape index (κ2) is 9.13. The molecule has 0 spiro atoms. The van der Waals surface area contributed by atoms with E-state index in [1.54, 1.807) is 0 Å². The second-order valence-corrected chi connectivity index (χ2v) is 6.22. The van der Waals surface area contributed by atoms with E-state index in [0.717, 1.165) is 17.1 Å². The van der Waals surface area contributed by atoms with Crippen molar-refractivity contribution in [3.05, 3.63) is 77.6 Å². The molecule has 131 valence electrons. The van der Waals surface area contributed by atoms with Crippen LogP contribution < -0.4 is 24.8 Å². The molecule has 0 fully saturated rings. The molecule has 0 aliphatic heterocycles. The molecule has 4 aromatic rings. The molecule has 4 rings (SSSR count). The van der Waals surface area contributed by atoms with Gasteiger partial charge in [0.1, 0.15) is 0 Å². The largest absolute Gasteiger partial charge is 3.00 e. The maximum Gasteiger partial charge on any atom is 3.00 e. The Labute approximate surface area is 186 Å². The molecule has 0 amide bonds. The number of benzene rings is 2. The van der Waals surface area contributed by atoms with Gasteiger partial charge in [-0.3, -0.25) is 0 Å². The molecule has 0 bridgehead atoms. The summed E-state index contributed by atoms with van der Waals surface area (Å²) < 4.78 is 5.81. The average Bonchev–Trinajstić information content (AvgIpc) is 3.15. The minimum Gasteiger partial charge on any atom is -1.00 e. The molecule has 1 nitrogen and oxygen atoms in total. The van der Waals surface area contributed by atoms with Gasteiger partial charge in [0, 0.05) is 0 Å². The van der Waals surface area contributed by atoms with Crippen LogP contribution in [0.4, 0.5) is 0 Å². The molecule has 1 heterocycles. The van der Waals surface area contributed by atoms with Crippen molar-refractivity contribution in [2.45, 2.75) is 20.8 Å². The summed E-state index contributed by atoms with van der Waals surface area (Å²) in [7, 11) is 0. The molecular formula is C22H19Cl2OZr. The van der Waals surface area contributed by atoms with Crippen LogP contribution in [0.1, 0.15) is 16.9 Å². The van der Waals surface area contributed by atoms with Crippen molar-refractivity contribution in [2.24, 2.45) is 0 Å². The Hall–Kier alpha value is -1.21. The first-order valence-corrected chi connectivity index (χ1v) is 7.96.